The summed E-state index contributed by atoms with van der Waals surface area (Å²) in [4.78, 5) is 27.0. The van der Waals surface area contributed by atoms with Gasteiger partial charge < -0.3 is 35.4 Å². The van der Waals surface area contributed by atoms with Crippen LogP contribution in [0.4, 0.5) is 23.0 Å². The van der Waals surface area contributed by atoms with Gasteiger partial charge in [-0.2, -0.15) is 0 Å². The van der Waals surface area contributed by atoms with E-state index in [4.69, 9.17) is 5.73 Å². The second kappa shape index (κ2) is 11.4. The van der Waals surface area contributed by atoms with E-state index in [9.17, 15) is 10.1 Å². The van der Waals surface area contributed by atoms with Crippen LogP contribution in [0.3, 0.4) is 0 Å². The number of nitrogen functional groups attached to an aromatic ring is 1. The van der Waals surface area contributed by atoms with Gasteiger partial charge in [0, 0.05) is 58.4 Å². The van der Waals surface area contributed by atoms with Gasteiger partial charge in [-0.15, -0.1) is 0 Å². The van der Waals surface area contributed by atoms with Crippen LogP contribution >= 0.6 is 0 Å². The molecular weight excluding hydrogens is 396 g/mol. The van der Waals surface area contributed by atoms with Crippen LogP contribution in [-0.4, -0.2) is 91.1 Å². The van der Waals surface area contributed by atoms with Crippen molar-refractivity contribution in [2.45, 2.75) is 7.43 Å². The zero-order chi connectivity index (χ0) is 21.5. The maximum absolute atomic E-state index is 10.5. The Balaban J connectivity index is 0.000000215. The Hall–Kier alpha value is -2.98. The summed E-state index contributed by atoms with van der Waals surface area (Å²) in [6.45, 7) is 8.28. The van der Waals surface area contributed by atoms with E-state index in [-0.39, 0.29) is 13.2 Å². The third-order valence-electron chi connectivity index (χ3n) is 5.43. The lowest BCUT2D eigenvalue weighted by Crippen LogP contribution is -2.44. The Morgan fingerprint density at radius 1 is 0.806 bits per heavy atom. The average Bonchev–Trinajstić information content (AvgIpc) is 2.76. The van der Waals surface area contributed by atoms with Gasteiger partial charge in [-0.3, -0.25) is 0 Å². The fourth-order valence-electron chi connectivity index (χ4n) is 3.39. The molecule has 0 bridgehead atoms. The maximum atomic E-state index is 10.5. The van der Waals surface area contributed by atoms with Crippen molar-refractivity contribution in [1.82, 2.24) is 19.8 Å². The molecule has 10 heteroatoms. The molecule has 10 nitrogen and oxygen atoms in total. The van der Waals surface area contributed by atoms with E-state index in [0.29, 0.717) is 5.82 Å². The SMILES string of the molecule is C.CN1CCN(c2ccc(N)nc2)CC1.CN1CCN(c2ccc([N+](=O)[O-])nc2)CC1. The average molecular weight is 431 g/mol. The molecule has 2 aromatic heterocycles. The van der Waals surface area contributed by atoms with Crippen molar-refractivity contribution in [3.8, 4) is 0 Å². The standard InChI is InChI=1S/C10H14N4O2.C10H16N4.CH4/c1-12-4-6-13(7-5-12)9-2-3-10(11-8-9)14(15)16;1-13-4-6-14(7-5-13)9-2-3-10(11)12-8-9;/h2-3,8H,4-7H2,1H3;2-3,8H,4-7H2,1H3,(H2,11,12);1H4. The van der Waals surface area contributed by atoms with Gasteiger partial charge in [0.05, 0.1) is 17.6 Å². The number of piperazine rings is 2. The fourth-order valence-corrected chi connectivity index (χ4v) is 3.39. The first-order valence-electron chi connectivity index (χ1n) is 10.1. The predicted molar refractivity (Wildman–Crippen MR) is 126 cm³/mol. The van der Waals surface area contributed by atoms with Crippen molar-refractivity contribution in [3.63, 3.8) is 0 Å². The normalized spacial score (nSPS) is 17.4. The zero-order valence-electron chi connectivity index (χ0n) is 17.6. The molecule has 4 heterocycles. The minimum Gasteiger partial charge on any atom is -0.384 e. The van der Waals surface area contributed by atoms with Gasteiger partial charge in [0.2, 0.25) is 0 Å². The van der Waals surface area contributed by atoms with Crippen molar-refractivity contribution in [3.05, 3.63) is 46.8 Å². The molecule has 0 atom stereocenters. The second-order valence-corrected chi connectivity index (χ2v) is 7.65. The molecule has 2 saturated heterocycles. The molecule has 0 amide bonds. The Morgan fingerprint density at radius 2 is 1.26 bits per heavy atom. The van der Waals surface area contributed by atoms with Crippen LogP contribution < -0.4 is 15.5 Å². The van der Waals surface area contributed by atoms with Crippen molar-refractivity contribution >= 4 is 23.0 Å². The van der Waals surface area contributed by atoms with Crippen LogP contribution in [0.15, 0.2) is 36.7 Å². The van der Waals surface area contributed by atoms with E-state index in [1.54, 1.807) is 12.3 Å². The van der Waals surface area contributed by atoms with Crippen LogP contribution in [0.2, 0.25) is 0 Å². The Morgan fingerprint density at radius 3 is 1.61 bits per heavy atom. The number of hydrogen-bond donors (Lipinski definition) is 1. The van der Waals surface area contributed by atoms with Crippen LogP contribution in [0.5, 0.6) is 0 Å². The molecule has 0 unspecified atom stereocenters. The summed E-state index contributed by atoms with van der Waals surface area (Å²) in [5.41, 5.74) is 7.67. The number of anilines is 3. The predicted octanol–water partition coefficient (Wildman–Crippen LogP) is 1.79. The minimum atomic E-state index is -0.478. The molecule has 0 saturated carbocycles. The van der Waals surface area contributed by atoms with Gasteiger partial charge in [-0.25, -0.2) is 4.98 Å². The van der Waals surface area contributed by atoms with Crippen LogP contribution in [0.25, 0.3) is 0 Å². The van der Waals surface area contributed by atoms with Gasteiger partial charge in [0.15, 0.2) is 6.20 Å². The lowest BCUT2D eigenvalue weighted by molar-refractivity contribution is -0.389. The van der Waals surface area contributed by atoms with Gasteiger partial charge in [0.1, 0.15) is 5.82 Å². The van der Waals surface area contributed by atoms with Crippen molar-refractivity contribution < 1.29 is 4.92 Å². The van der Waals surface area contributed by atoms with E-state index < -0.39 is 4.92 Å². The van der Waals surface area contributed by atoms with Gasteiger partial charge >= 0.3 is 5.82 Å². The van der Waals surface area contributed by atoms with E-state index in [0.717, 1.165) is 58.0 Å². The minimum absolute atomic E-state index is 0. The smallest absolute Gasteiger partial charge is 0.363 e. The van der Waals surface area contributed by atoms with E-state index in [2.05, 4.69) is 43.7 Å². The van der Waals surface area contributed by atoms with Crippen molar-refractivity contribution in [1.29, 1.82) is 0 Å². The van der Waals surface area contributed by atoms with E-state index >= 15 is 0 Å². The molecule has 31 heavy (non-hydrogen) atoms. The number of pyridine rings is 2. The largest absolute Gasteiger partial charge is 0.384 e. The first-order chi connectivity index (χ1) is 14.4. The summed E-state index contributed by atoms with van der Waals surface area (Å²) in [6, 6.07) is 7.10. The lowest BCUT2D eigenvalue weighted by Gasteiger charge is -2.33. The zero-order valence-corrected chi connectivity index (χ0v) is 17.6. The second-order valence-electron chi connectivity index (χ2n) is 7.65. The van der Waals surface area contributed by atoms with E-state index in [1.165, 1.54) is 11.8 Å². The molecule has 0 spiro atoms. The number of hydrogen-bond acceptors (Lipinski definition) is 9. The summed E-state index contributed by atoms with van der Waals surface area (Å²) in [7, 11) is 4.24. The summed E-state index contributed by atoms with van der Waals surface area (Å²) < 4.78 is 0. The molecule has 2 aliphatic rings. The third kappa shape index (κ3) is 7.04. The molecular formula is C21H34N8O2. The molecule has 0 radical (unpaired) electrons. The van der Waals surface area contributed by atoms with Crippen LogP contribution in [0, 0.1) is 10.1 Å². The molecule has 170 valence electrons. The maximum Gasteiger partial charge on any atom is 0.363 e. The Kier molecular flexibility index (Phi) is 8.95. The first-order valence-corrected chi connectivity index (χ1v) is 10.1. The third-order valence-corrected chi connectivity index (χ3v) is 5.43. The Labute approximate surface area is 184 Å². The summed E-state index contributed by atoms with van der Waals surface area (Å²) in [5.74, 6) is 0.487. The van der Waals surface area contributed by atoms with Gasteiger partial charge in [0.25, 0.3) is 0 Å². The number of nitrogens with zero attached hydrogens (tertiary/aromatic N) is 7. The number of likely N-dealkylation sites (N-methyl/N-ethyl adjacent to an activating group) is 2. The number of nitrogens with two attached hydrogens (primary N) is 1. The highest BCUT2D eigenvalue weighted by molar-refractivity contribution is 5.48. The highest BCUT2D eigenvalue weighted by atomic mass is 16.6. The summed E-state index contributed by atoms with van der Waals surface area (Å²) in [5, 5.41) is 10.5. The van der Waals surface area contributed by atoms with Crippen LogP contribution in [-0.2, 0) is 0 Å². The first kappa shape index (κ1) is 24.3. The fraction of sp³-hybridized carbons (Fsp3) is 0.524. The van der Waals surface area contributed by atoms with Gasteiger partial charge in [-0.1, -0.05) is 7.43 Å². The number of aromatic nitrogens is 2. The summed E-state index contributed by atoms with van der Waals surface area (Å²) in [6.07, 6.45) is 3.42. The molecule has 0 aliphatic carbocycles. The summed E-state index contributed by atoms with van der Waals surface area (Å²) >= 11 is 0. The van der Waals surface area contributed by atoms with Gasteiger partial charge in [-0.05, 0) is 42.2 Å². The monoisotopic (exact) mass is 430 g/mol. The van der Waals surface area contributed by atoms with E-state index in [1.807, 2.05) is 18.3 Å². The number of rotatable bonds is 3. The lowest BCUT2D eigenvalue weighted by atomic mass is 10.3. The molecule has 2 fully saturated rings. The molecule has 2 N–H and O–H groups in total. The molecule has 4 rings (SSSR count). The Bertz CT molecular complexity index is 799. The number of nitro groups is 1. The van der Waals surface area contributed by atoms with Crippen molar-refractivity contribution in [2.75, 3.05) is 82.0 Å². The highest BCUT2D eigenvalue weighted by Gasteiger charge is 2.16. The molecule has 0 aromatic carbocycles. The van der Waals surface area contributed by atoms with Crippen LogP contribution in [0.1, 0.15) is 7.43 Å². The molecule has 2 aromatic rings. The topological polar surface area (TPSA) is 108 Å². The molecule has 2 aliphatic heterocycles. The highest BCUT2D eigenvalue weighted by Crippen LogP contribution is 2.17. The quantitative estimate of drug-likeness (QED) is 0.576. The van der Waals surface area contributed by atoms with Crippen molar-refractivity contribution in [2.24, 2.45) is 0 Å².